The van der Waals surface area contributed by atoms with Crippen LogP contribution in [0.15, 0.2) is 81.6 Å². The number of ether oxygens (including phenoxy) is 1. The minimum absolute atomic E-state index is 0.209. The summed E-state index contributed by atoms with van der Waals surface area (Å²) in [6, 6.07) is 18.4. The first-order chi connectivity index (χ1) is 12.3. The van der Waals surface area contributed by atoms with E-state index in [0.29, 0.717) is 5.65 Å². The highest BCUT2D eigenvalue weighted by atomic mass is 32.2. The Bertz CT molecular complexity index is 1070. The molecule has 6 heteroatoms. The molecule has 0 radical (unpaired) electrons. The molecule has 0 aliphatic rings. The Kier molecular flexibility index (Phi) is 4.03. The molecule has 0 spiro atoms. The molecule has 2 aromatic carbocycles. The molecule has 0 aliphatic heterocycles. The summed E-state index contributed by atoms with van der Waals surface area (Å²) in [5.41, 5.74) is 2.19. The third-order valence-electron chi connectivity index (χ3n) is 3.87. The van der Waals surface area contributed by atoms with E-state index in [9.17, 15) is 4.79 Å². The molecule has 0 unspecified atom stereocenters. The van der Waals surface area contributed by atoms with E-state index >= 15 is 0 Å². The van der Waals surface area contributed by atoms with Gasteiger partial charge in [0, 0.05) is 21.6 Å². The third kappa shape index (κ3) is 2.92. The molecule has 4 rings (SSSR count). The molecule has 124 valence electrons. The molecule has 0 saturated carbocycles. The predicted molar refractivity (Wildman–Crippen MR) is 98.4 cm³/mol. The molecule has 0 amide bonds. The van der Waals surface area contributed by atoms with Gasteiger partial charge in [-0.05, 0) is 29.8 Å². The molecule has 2 heterocycles. The first-order valence-electron chi connectivity index (χ1n) is 7.73. The van der Waals surface area contributed by atoms with Crippen LogP contribution in [0.4, 0.5) is 0 Å². The summed E-state index contributed by atoms with van der Waals surface area (Å²) in [6.07, 6.45) is 3.23. The number of H-pyrrole nitrogens is 1. The van der Waals surface area contributed by atoms with Gasteiger partial charge in [0.15, 0.2) is 5.65 Å². The Hall–Kier alpha value is -2.99. The highest BCUT2D eigenvalue weighted by Crippen LogP contribution is 2.30. The molecule has 0 aliphatic carbocycles. The van der Waals surface area contributed by atoms with Gasteiger partial charge in [-0.25, -0.2) is 4.98 Å². The standard InChI is InChI=1S/C19H15N3O2S/c1-24-17-12-20-18-16(11-21-22(18)19(17)23)13-7-9-15(10-8-13)25-14-5-3-2-4-6-14/h2-12,21H,1H3. The molecular formula is C19H15N3O2S. The van der Waals surface area contributed by atoms with Gasteiger partial charge in [0.25, 0.3) is 0 Å². The SMILES string of the molecule is COc1cnc2c(-c3ccc(Sc4ccccc4)cc3)c[nH]n2c1=O. The van der Waals surface area contributed by atoms with E-state index < -0.39 is 0 Å². The van der Waals surface area contributed by atoms with Gasteiger partial charge in [0.2, 0.25) is 5.75 Å². The van der Waals surface area contributed by atoms with Gasteiger partial charge >= 0.3 is 5.56 Å². The van der Waals surface area contributed by atoms with Crippen LogP contribution in [0.25, 0.3) is 16.8 Å². The van der Waals surface area contributed by atoms with Crippen molar-refractivity contribution in [3.05, 3.63) is 77.3 Å². The summed E-state index contributed by atoms with van der Waals surface area (Å²) >= 11 is 1.71. The van der Waals surface area contributed by atoms with Gasteiger partial charge in [0.1, 0.15) is 0 Å². The maximum atomic E-state index is 12.2. The zero-order chi connectivity index (χ0) is 17.2. The van der Waals surface area contributed by atoms with Crippen molar-refractivity contribution in [2.45, 2.75) is 9.79 Å². The average molecular weight is 349 g/mol. The second-order valence-electron chi connectivity index (χ2n) is 5.42. The first-order valence-corrected chi connectivity index (χ1v) is 8.54. The van der Waals surface area contributed by atoms with Crippen molar-refractivity contribution in [2.24, 2.45) is 0 Å². The normalized spacial score (nSPS) is 10.9. The Labute approximate surface area is 148 Å². The van der Waals surface area contributed by atoms with Crippen molar-refractivity contribution in [3.63, 3.8) is 0 Å². The van der Waals surface area contributed by atoms with E-state index in [1.807, 2.05) is 30.3 Å². The second kappa shape index (κ2) is 6.49. The van der Waals surface area contributed by atoms with E-state index in [1.165, 1.54) is 22.7 Å². The number of rotatable bonds is 4. The van der Waals surface area contributed by atoms with Gasteiger partial charge < -0.3 is 4.74 Å². The summed E-state index contributed by atoms with van der Waals surface area (Å²) < 4.78 is 6.41. The van der Waals surface area contributed by atoms with Crippen LogP contribution in [0.5, 0.6) is 5.75 Å². The summed E-state index contributed by atoms with van der Waals surface area (Å²) in [6.45, 7) is 0. The number of methoxy groups -OCH3 is 1. The highest BCUT2D eigenvalue weighted by molar-refractivity contribution is 7.99. The fourth-order valence-corrected chi connectivity index (χ4v) is 3.46. The molecule has 2 aromatic heterocycles. The zero-order valence-electron chi connectivity index (χ0n) is 13.5. The Balaban J connectivity index is 1.67. The Morgan fingerprint density at radius 3 is 2.48 bits per heavy atom. The molecule has 0 fully saturated rings. The maximum Gasteiger partial charge on any atom is 0.315 e. The smallest absolute Gasteiger partial charge is 0.315 e. The largest absolute Gasteiger partial charge is 0.490 e. The Morgan fingerprint density at radius 2 is 1.76 bits per heavy atom. The van der Waals surface area contributed by atoms with Crippen LogP contribution in [-0.4, -0.2) is 21.7 Å². The Morgan fingerprint density at radius 1 is 1.04 bits per heavy atom. The van der Waals surface area contributed by atoms with Crippen molar-refractivity contribution >= 4 is 17.4 Å². The van der Waals surface area contributed by atoms with Gasteiger partial charge in [-0.1, -0.05) is 42.1 Å². The molecule has 0 bridgehead atoms. The molecule has 0 saturated heterocycles. The highest BCUT2D eigenvalue weighted by Gasteiger charge is 2.12. The maximum absolute atomic E-state index is 12.2. The fourth-order valence-electron chi connectivity index (χ4n) is 2.62. The quantitative estimate of drug-likeness (QED) is 0.608. The molecule has 5 nitrogen and oxygen atoms in total. The minimum atomic E-state index is -0.255. The second-order valence-corrected chi connectivity index (χ2v) is 6.56. The summed E-state index contributed by atoms with van der Waals surface area (Å²) in [5, 5.41) is 2.94. The zero-order valence-corrected chi connectivity index (χ0v) is 14.3. The van der Waals surface area contributed by atoms with Crippen molar-refractivity contribution in [2.75, 3.05) is 7.11 Å². The van der Waals surface area contributed by atoms with Crippen LogP contribution < -0.4 is 10.3 Å². The lowest BCUT2D eigenvalue weighted by atomic mass is 10.1. The number of benzene rings is 2. The van der Waals surface area contributed by atoms with Crippen molar-refractivity contribution in [3.8, 4) is 16.9 Å². The lowest BCUT2D eigenvalue weighted by molar-refractivity contribution is 0.404. The summed E-state index contributed by atoms with van der Waals surface area (Å²) in [5.74, 6) is 0.209. The fraction of sp³-hybridized carbons (Fsp3) is 0.0526. The summed E-state index contributed by atoms with van der Waals surface area (Å²) in [7, 11) is 1.46. The monoisotopic (exact) mass is 349 g/mol. The van der Waals surface area contributed by atoms with Crippen LogP contribution in [0.3, 0.4) is 0 Å². The van der Waals surface area contributed by atoms with Gasteiger partial charge in [-0.3, -0.25) is 9.89 Å². The number of nitrogens with one attached hydrogen (secondary N) is 1. The number of aromatic amines is 1. The molecule has 25 heavy (non-hydrogen) atoms. The van der Waals surface area contributed by atoms with E-state index in [4.69, 9.17) is 4.74 Å². The number of hydrogen-bond acceptors (Lipinski definition) is 4. The van der Waals surface area contributed by atoms with Crippen molar-refractivity contribution in [1.82, 2.24) is 14.6 Å². The van der Waals surface area contributed by atoms with Gasteiger partial charge in [-0.2, -0.15) is 4.52 Å². The van der Waals surface area contributed by atoms with Gasteiger partial charge in [0.05, 0.1) is 13.3 Å². The van der Waals surface area contributed by atoms with Crippen LogP contribution in [-0.2, 0) is 0 Å². The molecule has 4 aromatic rings. The molecule has 1 N–H and O–H groups in total. The van der Waals surface area contributed by atoms with E-state index in [2.05, 4.69) is 34.3 Å². The van der Waals surface area contributed by atoms with E-state index in [1.54, 1.807) is 18.0 Å². The first kappa shape index (κ1) is 15.5. The van der Waals surface area contributed by atoms with Crippen molar-refractivity contribution < 1.29 is 4.74 Å². The number of aromatic nitrogens is 3. The van der Waals surface area contributed by atoms with Crippen LogP contribution in [0.1, 0.15) is 0 Å². The minimum Gasteiger partial charge on any atom is -0.490 e. The van der Waals surface area contributed by atoms with E-state index in [0.717, 1.165) is 16.0 Å². The van der Waals surface area contributed by atoms with Crippen LogP contribution in [0, 0.1) is 0 Å². The third-order valence-corrected chi connectivity index (χ3v) is 4.89. The topological polar surface area (TPSA) is 59.4 Å². The van der Waals surface area contributed by atoms with Crippen molar-refractivity contribution in [1.29, 1.82) is 0 Å². The lowest BCUT2D eigenvalue weighted by Crippen LogP contribution is -2.16. The van der Waals surface area contributed by atoms with Gasteiger partial charge in [-0.15, -0.1) is 0 Å². The number of fused-ring (bicyclic) bond motifs is 1. The van der Waals surface area contributed by atoms with Crippen LogP contribution >= 0.6 is 11.8 Å². The predicted octanol–water partition coefficient (Wildman–Crippen LogP) is 3.85. The van der Waals surface area contributed by atoms with E-state index in [-0.39, 0.29) is 11.3 Å². The number of nitrogens with zero attached hydrogens (tertiary/aromatic N) is 2. The average Bonchev–Trinajstić information content (AvgIpc) is 3.09. The number of hydrogen-bond donors (Lipinski definition) is 1. The molecular weight excluding hydrogens is 334 g/mol. The summed E-state index contributed by atoms with van der Waals surface area (Å²) in [4.78, 5) is 18.9. The van der Waals surface area contributed by atoms with Crippen LogP contribution in [0.2, 0.25) is 0 Å². The molecule has 0 atom stereocenters. The lowest BCUT2D eigenvalue weighted by Gasteiger charge is -2.04.